The maximum atomic E-state index is 11.0. The van der Waals surface area contributed by atoms with Crippen molar-refractivity contribution >= 4 is 11.9 Å². The molecule has 0 aromatic heterocycles. The molecule has 8 heteroatoms. The van der Waals surface area contributed by atoms with Crippen LogP contribution in [-0.2, 0) is 9.59 Å². The molecule has 138 valence electrons. The molecule has 2 bridgehead atoms. The van der Waals surface area contributed by atoms with Crippen molar-refractivity contribution in [2.24, 2.45) is 0 Å². The average Bonchev–Trinajstić information content (AvgIpc) is 2.51. The summed E-state index contributed by atoms with van der Waals surface area (Å²) in [6.45, 7) is 5.96. The van der Waals surface area contributed by atoms with Crippen molar-refractivity contribution in [1.82, 2.24) is 20.0 Å². The van der Waals surface area contributed by atoms with E-state index in [0.717, 1.165) is 65.0 Å². The molecule has 0 aromatic carbocycles. The number of carboxylic acids is 2. The molecule has 2 aliphatic heterocycles. The van der Waals surface area contributed by atoms with Gasteiger partial charge in [0.1, 0.15) is 0 Å². The fraction of sp³-hybridized carbons (Fsp3) is 0.875. The molecule has 24 heavy (non-hydrogen) atoms. The van der Waals surface area contributed by atoms with Crippen LogP contribution >= 0.6 is 0 Å². The Kier molecular flexibility index (Phi) is 7.90. The van der Waals surface area contributed by atoms with E-state index < -0.39 is 11.9 Å². The minimum Gasteiger partial charge on any atom is -0.480 e. The Labute approximate surface area is 143 Å². The lowest BCUT2D eigenvalue weighted by Crippen LogP contribution is -2.48. The quantitative estimate of drug-likeness (QED) is 0.633. The highest BCUT2D eigenvalue weighted by Crippen LogP contribution is 2.10. The van der Waals surface area contributed by atoms with Gasteiger partial charge in [-0.25, -0.2) is 0 Å². The van der Waals surface area contributed by atoms with Crippen LogP contribution < -0.4 is 5.32 Å². The van der Waals surface area contributed by atoms with E-state index in [4.69, 9.17) is 10.2 Å². The van der Waals surface area contributed by atoms with Crippen LogP contribution in [-0.4, -0.2) is 102 Å². The second kappa shape index (κ2) is 9.93. The van der Waals surface area contributed by atoms with Gasteiger partial charge in [0, 0.05) is 32.3 Å². The first-order valence-electron chi connectivity index (χ1n) is 8.87. The normalized spacial score (nSPS) is 28.3. The van der Waals surface area contributed by atoms with Crippen molar-refractivity contribution < 1.29 is 19.8 Å². The van der Waals surface area contributed by atoms with Crippen LogP contribution in [0.1, 0.15) is 25.7 Å². The number of rotatable bonds is 4. The maximum absolute atomic E-state index is 11.0. The number of nitrogens with zero attached hydrogens (tertiary/aromatic N) is 3. The maximum Gasteiger partial charge on any atom is 0.317 e. The predicted octanol–water partition coefficient (Wildman–Crippen LogP) is -0.435. The first-order chi connectivity index (χ1) is 11.5. The highest BCUT2D eigenvalue weighted by Gasteiger charge is 2.20. The summed E-state index contributed by atoms with van der Waals surface area (Å²) in [6.07, 6.45) is 3.94. The molecular formula is C16H30N4O4. The smallest absolute Gasteiger partial charge is 0.317 e. The first kappa shape index (κ1) is 19.1. The third-order valence-electron chi connectivity index (χ3n) is 4.82. The minimum absolute atomic E-state index is 0.0755. The van der Waals surface area contributed by atoms with E-state index >= 15 is 0 Å². The molecule has 2 fully saturated rings. The van der Waals surface area contributed by atoms with Gasteiger partial charge in [0.2, 0.25) is 0 Å². The van der Waals surface area contributed by atoms with Crippen LogP contribution in [0.25, 0.3) is 0 Å². The van der Waals surface area contributed by atoms with E-state index in [-0.39, 0.29) is 13.1 Å². The highest BCUT2D eigenvalue weighted by atomic mass is 16.4. The zero-order valence-electron chi connectivity index (χ0n) is 14.3. The molecule has 0 radical (unpaired) electrons. The summed E-state index contributed by atoms with van der Waals surface area (Å²) in [4.78, 5) is 28.4. The number of hydrogen-bond acceptors (Lipinski definition) is 6. The minimum atomic E-state index is -0.785. The molecule has 0 saturated carbocycles. The molecule has 0 aliphatic carbocycles. The summed E-state index contributed by atoms with van der Waals surface area (Å²) in [5.41, 5.74) is 0. The Morgan fingerprint density at radius 1 is 0.833 bits per heavy atom. The predicted molar refractivity (Wildman–Crippen MR) is 90.0 cm³/mol. The van der Waals surface area contributed by atoms with E-state index in [1.165, 1.54) is 0 Å². The molecule has 2 aliphatic rings. The average molecular weight is 342 g/mol. The second-order valence-corrected chi connectivity index (χ2v) is 6.80. The lowest BCUT2D eigenvalue weighted by Gasteiger charge is -2.34. The SMILES string of the molecule is O=C(O)CN1CCCC2CCN(CCCN(CC(=O)O)CN2)CC1. The molecule has 2 heterocycles. The van der Waals surface area contributed by atoms with Gasteiger partial charge in [0.15, 0.2) is 0 Å². The first-order valence-corrected chi connectivity index (χ1v) is 8.87. The standard InChI is InChI=1S/C16H30N4O4/c21-15(22)11-19-5-1-3-14-4-8-18(9-10-19)6-2-7-20(13-17-14)12-16(23)24/h14,17H,1-13H2,(H,21,22)(H,23,24). The van der Waals surface area contributed by atoms with Crippen LogP contribution in [0.3, 0.4) is 0 Å². The number of nitrogens with one attached hydrogen (secondary N) is 1. The van der Waals surface area contributed by atoms with Gasteiger partial charge in [0.05, 0.1) is 13.1 Å². The summed E-state index contributed by atoms with van der Waals surface area (Å²) in [6, 6.07) is 0.353. The van der Waals surface area contributed by atoms with Crippen LogP contribution in [0.5, 0.6) is 0 Å². The molecule has 8 nitrogen and oxygen atoms in total. The Morgan fingerprint density at radius 2 is 1.54 bits per heavy atom. The molecule has 0 amide bonds. The van der Waals surface area contributed by atoms with E-state index in [1.54, 1.807) is 0 Å². The Morgan fingerprint density at radius 3 is 2.29 bits per heavy atom. The van der Waals surface area contributed by atoms with Crippen molar-refractivity contribution in [3.63, 3.8) is 0 Å². The van der Waals surface area contributed by atoms with Gasteiger partial charge in [-0.05, 0) is 45.3 Å². The van der Waals surface area contributed by atoms with E-state index in [2.05, 4.69) is 10.2 Å². The molecule has 0 spiro atoms. The largest absolute Gasteiger partial charge is 0.480 e. The third kappa shape index (κ3) is 7.12. The molecular weight excluding hydrogens is 312 g/mol. The molecule has 2 rings (SSSR count). The van der Waals surface area contributed by atoms with E-state index in [9.17, 15) is 9.59 Å². The molecule has 2 unspecified atom stereocenters. The van der Waals surface area contributed by atoms with Crippen molar-refractivity contribution in [1.29, 1.82) is 0 Å². The summed E-state index contributed by atoms with van der Waals surface area (Å²) >= 11 is 0. The van der Waals surface area contributed by atoms with Gasteiger partial charge in [-0.1, -0.05) is 0 Å². The molecule has 3 N–H and O–H groups in total. The lowest BCUT2D eigenvalue weighted by molar-refractivity contribution is -0.139. The van der Waals surface area contributed by atoms with Crippen LogP contribution in [0.4, 0.5) is 0 Å². The number of fused-ring (bicyclic) bond motifs is 3. The fourth-order valence-electron chi connectivity index (χ4n) is 3.51. The van der Waals surface area contributed by atoms with Gasteiger partial charge in [0.25, 0.3) is 0 Å². The van der Waals surface area contributed by atoms with Gasteiger partial charge in [-0.3, -0.25) is 19.4 Å². The number of aliphatic carboxylic acids is 2. The summed E-state index contributed by atoms with van der Waals surface area (Å²) in [5, 5.41) is 21.6. The molecule has 0 aromatic rings. The molecule has 2 saturated heterocycles. The Balaban J connectivity index is 1.96. The van der Waals surface area contributed by atoms with Gasteiger partial charge in [-0.15, -0.1) is 0 Å². The van der Waals surface area contributed by atoms with Crippen molar-refractivity contribution in [2.75, 3.05) is 59.0 Å². The summed E-state index contributed by atoms with van der Waals surface area (Å²) < 4.78 is 0. The van der Waals surface area contributed by atoms with E-state index in [0.29, 0.717) is 12.7 Å². The van der Waals surface area contributed by atoms with Crippen LogP contribution in [0.15, 0.2) is 0 Å². The van der Waals surface area contributed by atoms with Crippen LogP contribution in [0, 0.1) is 0 Å². The second-order valence-electron chi connectivity index (χ2n) is 6.80. The third-order valence-corrected chi connectivity index (χ3v) is 4.82. The summed E-state index contributed by atoms with van der Waals surface area (Å²) in [7, 11) is 0. The lowest BCUT2D eigenvalue weighted by atomic mass is 10.1. The Bertz CT molecular complexity index is 383. The number of carboxylic acid groups (broad SMARTS) is 2. The van der Waals surface area contributed by atoms with Crippen molar-refractivity contribution in [2.45, 2.75) is 31.7 Å². The van der Waals surface area contributed by atoms with E-state index in [1.807, 2.05) is 9.80 Å². The topological polar surface area (TPSA) is 96.4 Å². The van der Waals surface area contributed by atoms with Gasteiger partial charge < -0.3 is 20.4 Å². The highest BCUT2D eigenvalue weighted by molar-refractivity contribution is 5.69. The molecule has 2 atom stereocenters. The van der Waals surface area contributed by atoms with Crippen molar-refractivity contribution in [3.05, 3.63) is 0 Å². The Hall–Kier alpha value is -1.22. The van der Waals surface area contributed by atoms with Crippen LogP contribution in [0.2, 0.25) is 0 Å². The number of hydrogen-bond donors (Lipinski definition) is 3. The monoisotopic (exact) mass is 342 g/mol. The number of carbonyl (C=O) groups is 2. The fourth-order valence-corrected chi connectivity index (χ4v) is 3.51. The van der Waals surface area contributed by atoms with Gasteiger partial charge in [-0.2, -0.15) is 0 Å². The van der Waals surface area contributed by atoms with Crippen molar-refractivity contribution in [3.8, 4) is 0 Å². The zero-order chi connectivity index (χ0) is 17.4. The zero-order valence-corrected chi connectivity index (χ0v) is 14.3. The summed E-state index contributed by atoms with van der Waals surface area (Å²) in [5.74, 6) is -1.55. The van der Waals surface area contributed by atoms with Gasteiger partial charge >= 0.3 is 11.9 Å².